The van der Waals surface area contributed by atoms with Gasteiger partial charge in [-0.25, -0.2) is 18.4 Å². The molecular formula is C34H40F2N6O4S. The molecule has 6 rings (SSSR count). The van der Waals surface area contributed by atoms with E-state index < -0.39 is 22.9 Å². The van der Waals surface area contributed by atoms with Crippen molar-refractivity contribution in [3.05, 3.63) is 86.1 Å². The van der Waals surface area contributed by atoms with Crippen molar-refractivity contribution in [3.63, 3.8) is 0 Å². The minimum Gasteiger partial charge on any atom is -0.383 e. The third-order valence-electron chi connectivity index (χ3n) is 9.27. The van der Waals surface area contributed by atoms with Crippen LogP contribution in [0.3, 0.4) is 0 Å². The van der Waals surface area contributed by atoms with Crippen LogP contribution in [0.1, 0.15) is 37.3 Å². The van der Waals surface area contributed by atoms with Crippen molar-refractivity contribution in [1.82, 2.24) is 19.5 Å². The minimum atomic E-state index is -0.759. The van der Waals surface area contributed by atoms with E-state index in [0.717, 1.165) is 29.7 Å². The summed E-state index contributed by atoms with van der Waals surface area (Å²) in [5.74, 6) is -0.715. The third-order valence-corrected chi connectivity index (χ3v) is 10.6. The average molecular weight is 667 g/mol. The summed E-state index contributed by atoms with van der Waals surface area (Å²) < 4.78 is 37.9. The van der Waals surface area contributed by atoms with E-state index in [0.29, 0.717) is 72.6 Å². The van der Waals surface area contributed by atoms with E-state index in [1.807, 2.05) is 36.0 Å². The summed E-state index contributed by atoms with van der Waals surface area (Å²) in [5, 5.41) is 7.69. The number of hydrogen-bond donors (Lipinski definition) is 2. The van der Waals surface area contributed by atoms with E-state index in [4.69, 9.17) is 4.74 Å². The number of anilines is 1. The van der Waals surface area contributed by atoms with Crippen LogP contribution in [0.5, 0.6) is 0 Å². The topological polar surface area (TPSA) is 101 Å². The van der Waals surface area contributed by atoms with Crippen LogP contribution in [-0.4, -0.2) is 67.1 Å². The Kier molecular flexibility index (Phi) is 9.76. The largest absolute Gasteiger partial charge is 0.383 e. The molecule has 4 aromatic rings. The van der Waals surface area contributed by atoms with Gasteiger partial charge in [0.15, 0.2) is 0 Å². The molecule has 1 saturated heterocycles. The van der Waals surface area contributed by atoms with Crippen LogP contribution in [0.2, 0.25) is 0 Å². The van der Waals surface area contributed by atoms with Gasteiger partial charge in [0.25, 0.3) is 5.56 Å². The number of thiophene rings is 1. The Bertz CT molecular complexity index is 1860. The van der Waals surface area contributed by atoms with Crippen LogP contribution in [0.15, 0.2) is 52.1 Å². The van der Waals surface area contributed by atoms with Crippen molar-refractivity contribution in [3.8, 4) is 10.4 Å². The third kappa shape index (κ3) is 6.56. The quantitative estimate of drug-likeness (QED) is 0.239. The molecule has 2 amide bonds. The highest BCUT2D eigenvalue weighted by Gasteiger charge is 2.38. The Balaban J connectivity index is 1.55. The van der Waals surface area contributed by atoms with Crippen molar-refractivity contribution in [2.75, 3.05) is 57.3 Å². The number of likely N-dealkylation sites (N-methyl/N-ethyl adjacent to an activating group) is 1. The van der Waals surface area contributed by atoms with Gasteiger partial charge >= 0.3 is 11.7 Å². The Morgan fingerprint density at radius 2 is 1.72 bits per heavy atom. The molecule has 1 aliphatic heterocycles. The van der Waals surface area contributed by atoms with E-state index in [-0.39, 0.29) is 18.1 Å². The molecule has 2 atom stereocenters. The van der Waals surface area contributed by atoms with E-state index in [9.17, 15) is 14.4 Å². The maximum atomic E-state index is 15.0. The molecule has 1 aliphatic carbocycles. The molecule has 2 N–H and O–H groups in total. The number of aromatic nitrogens is 2. The summed E-state index contributed by atoms with van der Waals surface area (Å²) in [5.41, 5.74) is 0.804. The van der Waals surface area contributed by atoms with Gasteiger partial charge in [0.05, 0.1) is 18.5 Å². The van der Waals surface area contributed by atoms with Gasteiger partial charge in [0.1, 0.15) is 16.5 Å². The van der Waals surface area contributed by atoms with Gasteiger partial charge in [-0.2, -0.15) is 4.68 Å². The van der Waals surface area contributed by atoms with Crippen LogP contribution in [-0.2, 0) is 17.8 Å². The lowest BCUT2D eigenvalue weighted by Gasteiger charge is -2.23. The number of halogens is 2. The first-order valence-corrected chi connectivity index (χ1v) is 16.8. The first-order valence-electron chi connectivity index (χ1n) is 16.0. The van der Waals surface area contributed by atoms with E-state index in [1.165, 1.54) is 38.8 Å². The van der Waals surface area contributed by atoms with E-state index in [1.54, 1.807) is 19.2 Å². The second kappa shape index (κ2) is 14.0. The predicted molar refractivity (Wildman–Crippen MR) is 181 cm³/mol. The zero-order chi connectivity index (χ0) is 33.2. The highest BCUT2D eigenvalue weighted by atomic mass is 32.1. The fourth-order valence-electron chi connectivity index (χ4n) is 6.88. The number of fused-ring (bicyclic) bond motifs is 2. The summed E-state index contributed by atoms with van der Waals surface area (Å²) in [7, 11) is 3.55. The van der Waals surface area contributed by atoms with E-state index in [2.05, 4.69) is 10.6 Å². The molecule has 2 aromatic carbocycles. The van der Waals surface area contributed by atoms with Gasteiger partial charge < -0.3 is 20.4 Å². The van der Waals surface area contributed by atoms with E-state index >= 15 is 8.78 Å². The normalized spacial score (nSPS) is 17.5. The number of amides is 2. The van der Waals surface area contributed by atoms with Crippen LogP contribution in [0, 0.1) is 23.5 Å². The highest BCUT2D eigenvalue weighted by molar-refractivity contribution is 7.22. The number of carbonyl (C=O) groups is 1. The molecule has 0 bridgehead atoms. The van der Waals surface area contributed by atoms with Crippen LogP contribution < -0.4 is 26.9 Å². The number of methoxy groups -OCH3 is 1. The SMILES string of the molecule is CCNC(=O)Nc1ccc(-c2sc3c(c2CN(C)CCOC)c(=O)n(N2CC4CCCC4C2)c(=O)n3Cc2c(F)cccc2F)cc1. The lowest BCUT2D eigenvalue weighted by molar-refractivity contribution is 0.159. The number of nitrogens with zero attached hydrogens (tertiary/aromatic N) is 4. The van der Waals surface area contributed by atoms with Gasteiger partial charge in [-0.1, -0.05) is 24.6 Å². The molecule has 2 aliphatic rings. The molecule has 10 nitrogen and oxygen atoms in total. The standard InChI is InChI=1S/C34H40F2N6O4S/c1-4-37-33(44)38-24-13-11-21(12-14-24)30-26(19-39(2)15-16-46-3)29-31(43)42(40-17-22-7-5-8-23(22)18-40)34(45)41(32(29)47-30)20-25-27(35)9-6-10-28(25)36/h6,9-14,22-23H,4-5,7-8,15-20H2,1-3H3,(H2,37,38,44). The highest BCUT2D eigenvalue weighted by Crippen LogP contribution is 2.39. The van der Waals surface area contributed by atoms with Gasteiger partial charge in [0, 0.05) is 56.0 Å². The minimum absolute atomic E-state index is 0.242. The second-order valence-electron chi connectivity index (χ2n) is 12.4. The Morgan fingerprint density at radius 1 is 1.04 bits per heavy atom. The Morgan fingerprint density at radius 3 is 2.36 bits per heavy atom. The zero-order valence-corrected chi connectivity index (χ0v) is 27.7. The van der Waals surface area contributed by atoms with Crippen molar-refractivity contribution in [2.45, 2.75) is 39.3 Å². The summed E-state index contributed by atoms with van der Waals surface area (Å²) >= 11 is 1.25. The Hall–Kier alpha value is -4.07. The number of ether oxygens (including phenoxy) is 1. The zero-order valence-electron chi connectivity index (χ0n) is 26.9. The summed E-state index contributed by atoms with van der Waals surface area (Å²) in [6.07, 6.45) is 3.24. The lowest BCUT2D eigenvalue weighted by Crippen LogP contribution is -2.52. The predicted octanol–water partition coefficient (Wildman–Crippen LogP) is 4.81. The molecule has 2 aromatic heterocycles. The number of carbonyl (C=O) groups excluding carboxylic acids is 1. The van der Waals surface area contributed by atoms with Gasteiger partial charge in [-0.15, -0.1) is 11.3 Å². The molecule has 2 fully saturated rings. The summed E-state index contributed by atoms with van der Waals surface area (Å²) in [4.78, 5) is 44.1. The smallest absolute Gasteiger partial charge is 0.351 e. The molecule has 1 saturated carbocycles. The average Bonchev–Trinajstić information content (AvgIpc) is 3.75. The molecular weight excluding hydrogens is 626 g/mol. The molecule has 0 spiro atoms. The number of urea groups is 1. The second-order valence-corrected chi connectivity index (χ2v) is 13.4. The maximum absolute atomic E-state index is 15.0. The van der Waals surface area contributed by atoms with Crippen molar-refractivity contribution < 1.29 is 18.3 Å². The molecule has 250 valence electrons. The van der Waals surface area contributed by atoms with Crippen LogP contribution >= 0.6 is 11.3 Å². The first-order chi connectivity index (χ1) is 22.7. The molecule has 0 radical (unpaired) electrons. The van der Waals surface area contributed by atoms with Gasteiger partial charge in [0.2, 0.25) is 0 Å². The van der Waals surface area contributed by atoms with Crippen molar-refractivity contribution in [2.24, 2.45) is 11.8 Å². The number of rotatable bonds is 11. The van der Waals surface area contributed by atoms with Gasteiger partial charge in [-0.05, 0) is 74.0 Å². The van der Waals surface area contributed by atoms with Crippen LogP contribution in [0.4, 0.5) is 19.3 Å². The summed E-state index contributed by atoms with van der Waals surface area (Å²) in [6, 6.07) is 10.6. The Labute approximate surface area is 275 Å². The fourth-order valence-corrected chi connectivity index (χ4v) is 8.18. The monoisotopic (exact) mass is 666 g/mol. The summed E-state index contributed by atoms with van der Waals surface area (Å²) in [6.45, 7) is 4.55. The molecule has 3 heterocycles. The number of nitrogens with one attached hydrogen (secondary N) is 2. The lowest BCUT2D eigenvalue weighted by atomic mass is 10.0. The van der Waals surface area contributed by atoms with Gasteiger partial charge in [-0.3, -0.25) is 14.3 Å². The van der Waals surface area contributed by atoms with Crippen LogP contribution in [0.25, 0.3) is 20.7 Å². The molecule has 13 heteroatoms. The fraction of sp³-hybridized carbons (Fsp3) is 0.441. The van der Waals surface area contributed by atoms with Crippen molar-refractivity contribution in [1.29, 1.82) is 0 Å². The number of hydrogen-bond acceptors (Lipinski definition) is 7. The van der Waals surface area contributed by atoms with Crippen molar-refractivity contribution >= 4 is 33.3 Å². The maximum Gasteiger partial charge on any atom is 0.351 e. The molecule has 2 unspecified atom stereocenters. The first kappa shape index (κ1) is 32.9. The molecule has 47 heavy (non-hydrogen) atoms. The number of benzene rings is 2.